The number of aromatic nitrogens is 6. The molecule has 12 nitrogen and oxygen atoms in total. The van der Waals surface area contributed by atoms with Gasteiger partial charge in [0, 0.05) is 71.8 Å². The van der Waals surface area contributed by atoms with E-state index in [-0.39, 0.29) is 35.6 Å². The van der Waals surface area contributed by atoms with Crippen LogP contribution >= 0.6 is 0 Å². The Bertz CT molecular complexity index is 3450. The van der Waals surface area contributed by atoms with Crippen LogP contribution in [0.5, 0.6) is 0 Å². The summed E-state index contributed by atoms with van der Waals surface area (Å²) in [6.45, 7) is 17.6. The molecule has 392 valence electrons. The first kappa shape index (κ1) is 51.0. The minimum Gasteiger partial charge on any atom is -0.386 e. The highest BCUT2D eigenvalue weighted by molar-refractivity contribution is 6.08. The zero-order valence-electron chi connectivity index (χ0n) is 44.3. The van der Waals surface area contributed by atoms with Gasteiger partial charge < -0.3 is 37.9 Å². The zero-order valence-corrected chi connectivity index (χ0v) is 44.3. The summed E-state index contributed by atoms with van der Waals surface area (Å²) in [5.74, 6) is 1.54. The first-order chi connectivity index (χ1) is 36.4. The Labute approximate surface area is 440 Å². The minimum atomic E-state index is -1.01. The quantitative estimate of drug-likeness (QED) is 0.136. The van der Waals surface area contributed by atoms with Gasteiger partial charge in [-0.25, -0.2) is 8.78 Å². The van der Waals surface area contributed by atoms with E-state index in [2.05, 4.69) is 55.8 Å². The molecule has 14 heteroatoms. The SMILES string of the molecule is Cc1noc(C)c1-c1cnc2c3ccc(C(C)(C)O)cc3n(C(c3ccc(F)cc3)C3CCOCC3)c2c1.Cc1noc(C)c1-c1cnc2c3ccc(C(C)(C)O)cc3n(C(c3ccc(F)cc3)C3CCOCC3)c2c1. The molecule has 0 amide bonds. The van der Waals surface area contributed by atoms with E-state index in [1.165, 1.54) is 24.3 Å². The van der Waals surface area contributed by atoms with Crippen LogP contribution in [-0.2, 0) is 20.7 Å². The third-order valence-electron chi connectivity index (χ3n) is 15.7. The molecule has 2 atom stereocenters. The molecule has 6 aromatic heterocycles. The van der Waals surface area contributed by atoms with E-state index < -0.39 is 11.2 Å². The highest BCUT2D eigenvalue weighted by Crippen LogP contribution is 2.45. The van der Waals surface area contributed by atoms with Crippen LogP contribution in [0.2, 0.25) is 0 Å². The van der Waals surface area contributed by atoms with Gasteiger partial charge in [0.25, 0.3) is 0 Å². The average Bonchev–Trinajstić information content (AvgIpc) is 4.24. The topological polar surface area (TPSA) is 147 Å². The lowest BCUT2D eigenvalue weighted by atomic mass is 9.86. The molecule has 2 saturated heterocycles. The zero-order chi connectivity index (χ0) is 53.2. The van der Waals surface area contributed by atoms with E-state index in [1.54, 1.807) is 27.7 Å². The maximum atomic E-state index is 14.0. The second-order valence-electron chi connectivity index (χ2n) is 21.8. The molecule has 4 aromatic carbocycles. The van der Waals surface area contributed by atoms with Gasteiger partial charge in [-0.1, -0.05) is 58.8 Å². The van der Waals surface area contributed by atoms with Crippen LogP contribution in [0.15, 0.2) is 119 Å². The number of rotatable bonds is 10. The van der Waals surface area contributed by atoms with Crippen molar-refractivity contribution in [3.05, 3.63) is 166 Å². The molecule has 2 N–H and O–H groups in total. The first-order valence-corrected chi connectivity index (χ1v) is 26.3. The van der Waals surface area contributed by atoms with Gasteiger partial charge in [0.1, 0.15) is 23.2 Å². The van der Waals surface area contributed by atoms with E-state index in [0.717, 1.165) is 137 Å². The maximum absolute atomic E-state index is 14.0. The van der Waals surface area contributed by atoms with E-state index in [1.807, 2.05) is 76.5 Å². The molecule has 0 spiro atoms. The number of aliphatic hydroxyl groups is 2. The second-order valence-corrected chi connectivity index (χ2v) is 21.8. The fourth-order valence-electron chi connectivity index (χ4n) is 11.9. The number of hydrogen-bond donors (Lipinski definition) is 2. The minimum absolute atomic E-state index is 0.0710. The smallest absolute Gasteiger partial charge is 0.141 e. The summed E-state index contributed by atoms with van der Waals surface area (Å²) in [5.41, 5.74) is 12.8. The van der Waals surface area contributed by atoms with Crippen molar-refractivity contribution < 1.29 is 37.5 Å². The van der Waals surface area contributed by atoms with Crippen molar-refractivity contribution in [2.75, 3.05) is 26.4 Å². The van der Waals surface area contributed by atoms with E-state index in [9.17, 15) is 19.0 Å². The van der Waals surface area contributed by atoms with Gasteiger partial charge >= 0.3 is 0 Å². The number of fused-ring (bicyclic) bond motifs is 6. The van der Waals surface area contributed by atoms with E-state index in [4.69, 9.17) is 28.5 Å². The lowest BCUT2D eigenvalue weighted by Crippen LogP contribution is -2.27. The van der Waals surface area contributed by atoms with Gasteiger partial charge in [0.2, 0.25) is 0 Å². The number of benzene rings is 4. The number of pyridine rings is 2. The molecule has 2 unspecified atom stereocenters. The summed E-state index contributed by atoms with van der Waals surface area (Å²) >= 11 is 0. The fraction of sp³-hybridized carbons (Fsp3) is 0.355. The molecule has 76 heavy (non-hydrogen) atoms. The molecule has 0 bridgehead atoms. The Morgan fingerprint density at radius 2 is 0.882 bits per heavy atom. The van der Waals surface area contributed by atoms with Crippen molar-refractivity contribution in [3.63, 3.8) is 0 Å². The molecule has 2 aliphatic rings. The highest BCUT2D eigenvalue weighted by Gasteiger charge is 2.34. The van der Waals surface area contributed by atoms with Crippen LogP contribution in [0, 0.1) is 51.2 Å². The second kappa shape index (κ2) is 20.1. The van der Waals surface area contributed by atoms with Crippen LogP contribution in [-0.4, -0.2) is 66.1 Å². The van der Waals surface area contributed by atoms with Gasteiger partial charge in [-0.2, -0.15) is 0 Å². The molecule has 12 rings (SSSR count). The summed E-state index contributed by atoms with van der Waals surface area (Å²) in [4.78, 5) is 9.92. The standard InChI is InChI=1S/2C31H32FN3O3/c2*1-18-28(19(2)38-34-18)22-15-27-29(33-17-22)25-10-7-23(31(3,4)36)16-26(25)35(27)30(21-11-13-37-14-12-21)20-5-8-24(32)9-6-20/h2*5-10,15-17,21,30,36H,11-14H2,1-4H3. The molecule has 0 saturated carbocycles. The molecule has 0 radical (unpaired) electrons. The van der Waals surface area contributed by atoms with E-state index in [0.29, 0.717) is 26.4 Å². The van der Waals surface area contributed by atoms with Crippen molar-refractivity contribution in [1.29, 1.82) is 0 Å². The lowest BCUT2D eigenvalue weighted by molar-refractivity contribution is 0.0551. The molecule has 8 heterocycles. The Morgan fingerprint density at radius 3 is 1.21 bits per heavy atom. The van der Waals surface area contributed by atoms with Crippen LogP contribution in [0.4, 0.5) is 8.78 Å². The number of nitrogens with zero attached hydrogens (tertiary/aromatic N) is 6. The Hall–Kier alpha value is -7.10. The van der Waals surface area contributed by atoms with Crippen molar-refractivity contribution in [3.8, 4) is 22.3 Å². The average molecular weight is 1030 g/mol. The largest absolute Gasteiger partial charge is 0.386 e. The fourth-order valence-corrected chi connectivity index (χ4v) is 11.9. The maximum Gasteiger partial charge on any atom is 0.141 e. The number of ether oxygens (including phenoxy) is 2. The van der Waals surface area contributed by atoms with Crippen LogP contribution in [0.1, 0.15) is 111 Å². The molecule has 0 aliphatic carbocycles. The third kappa shape index (κ3) is 9.50. The van der Waals surface area contributed by atoms with Gasteiger partial charge in [-0.15, -0.1) is 0 Å². The normalized spacial score (nSPS) is 15.9. The molecule has 2 aliphatic heterocycles. The summed E-state index contributed by atoms with van der Waals surface area (Å²) in [6, 6.07) is 30.0. The van der Waals surface area contributed by atoms with E-state index >= 15 is 0 Å². The first-order valence-electron chi connectivity index (χ1n) is 26.3. The predicted octanol–water partition coefficient (Wildman–Crippen LogP) is 13.7. The van der Waals surface area contributed by atoms with Gasteiger partial charge in [0.05, 0.1) is 67.8 Å². The summed E-state index contributed by atoms with van der Waals surface area (Å²) in [7, 11) is 0. The third-order valence-corrected chi connectivity index (χ3v) is 15.7. The lowest BCUT2D eigenvalue weighted by Gasteiger charge is -2.33. The monoisotopic (exact) mass is 1030 g/mol. The predicted molar refractivity (Wildman–Crippen MR) is 291 cm³/mol. The van der Waals surface area contributed by atoms with Crippen LogP contribution in [0.3, 0.4) is 0 Å². The summed E-state index contributed by atoms with van der Waals surface area (Å²) in [6.07, 6.45) is 7.33. The Morgan fingerprint density at radius 1 is 0.513 bits per heavy atom. The van der Waals surface area contributed by atoms with Gasteiger partial charge in [0.15, 0.2) is 0 Å². The van der Waals surface area contributed by atoms with Crippen molar-refractivity contribution in [1.82, 2.24) is 29.4 Å². The molecular weight excluding hydrogens is 963 g/mol. The Balaban J connectivity index is 0.000000162. The number of halogens is 2. The summed E-state index contributed by atoms with van der Waals surface area (Å²) in [5, 5.41) is 32.1. The molecule has 2 fully saturated rings. The number of aryl methyl sites for hydroxylation is 4. The Kier molecular flexibility index (Phi) is 13.5. The molecule has 10 aromatic rings. The van der Waals surface area contributed by atoms with Crippen molar-refractivity contribution in [2.24, 2.45) is 11.8 Å². The number of hydrogen-bond acceptors (Lipinski definition) is 10. The van der Waals surface area contributed by atoms with Crippen LogP contribution < -0.4 is 0 Å². The molecular formula is C62H64F2N6O6. The van der Waals surface area contributed by atoms with Gasteiger partial charge in [-0.3, -0.25) is 9.97 Å². The van der Waals surface area contributed by atoms with Crippen molar-refractivity contribution in [2.45, 2.75) is 104 Å². The summed E-state index contributed by atoms with van der Waals surface area (Å²) < 4.78 is 55.1. The highest BCUT2D eigenvalue weighted by atomic mass is 19.1. The van der Waals surface area contributed by atoms with Crippen LogP contribution in [0.25, 0.3) is 66.1 Å². The van der Waals surface area contributed by atoms with Crippen molar-refractivity contribution >= 4 is 43.9 Å². The van der Waals surface area contributed by atoms with Gasteiger partial charge in [-0.05, 0) is 164 Å².